The molecule has 3 atom stereocenters. The van der Waals surface area contributed by atoms with Crippen molar-refractivity contribution in [3.63, 3.8) is 0 Å². The van der Waals surface area contributed by atoms with Crippen LogP contribution in [0.15, 0.2) is 53.4 Å². The number of piperidine rings is 1. The molecular formula is C30H38N4O2S. The number of hydrogen-bond acceptors (Lipinski definition) is 6. The Balaban J connectivity index is 1.51. The summed E-state index contributed by atoms with van der Waals surface area (Å²) in [7, 11) is 0. The summed E-state index contributed by atoms with van der Waals surface area (Å²) in [5.41, 5.74) is 5.33. The summed E-state index contributed by atoms with van der Waals surface area (Å²) in [6.45, 7) is 12.6. The van der Waals surface area contributed by atoms with Crippen molar-refractivity contribution in [3.8, 4) is 17.1 Å². The Morgan fingerprint density at radius 1 is 1.08 bits per heavy atom. The lowest BCUT2D eigenvalue weighted by Crippen LogP contribution is -2.44. The fourth-order valence-electron chi connectivity index (χ4n) is 5.57. The maximum atomic E-state index is 13.3. The first-order valence-corrected chi connectivity index (χ1v) is 14.6. The van der Waals surface area contributed by atoms with Crippen LogP contribution in [0.1, 0.15) is 43.4 Å². The number of aryl methyl sites for hydroxylation is 2. The van der Waals surface area contributed by atoms with Gasteiger partial charge in [0.25, 0.3) is 5.95 Å². The van der Waals surface area contributed by atoms with E-state index in [9.17, 15) is 4.55 Å². The normalized spacial score (nSPS) is 22.2. The second-order valence-corrected chi connectivity index (χ2v) is 12.2. The van der Waals surface area contributed by atoms with Gasteiger partial charge < -0.3 is 14.2 Å². The Labute approximate surface area is 224 Å². The van der Waals surface area contributed by atoms with Gasteiger partial charge in [-0.25, -0.2) is 4.98 Å². The van der Waals surface area contributed by atoms with E-state index >= 15 is 0 Å². The van der Waals surface area contributed by atoms with E-state index in [1.807, 2.05) is 18.2 Å². The molecule has 1 fully saturated rings. The van der Waals surface area contributed by atoms with Crippen LogP contribution in [0.2, 0.25) is 0 Å². The van der Waals surface area contributed by atoms with Crippen LogP contribution in [0, 0.1) is 31.6 Å². The molecule has 3 heterocycles. The molecule has 6 nitrogen and oxygen atoms in total. The van der Waals surface area contributed by atoms with Gasteiger partial charge in [-0.1, -0.05) is 44.2 Å². The van der Waals surface area contributed by atoms with Gasteiger partial charge >= 0.3 is 0 Å². The first-order chi connectivity index (χ1) is 17.9. The SMILES string of the molecule is Cc1cccc(C)c1-c1cc2nc(n1)N[S+]([O-])c1cccc(c1)CC1CCN(CCC(C)C)C[C@@H]1CO2. The third-order valence-corrected chi connectivity index (χ3v) is 8.73. The van der Waals surface area contributed by atoms with Gasteiger partial charge in [0, 0.05) is 24.1 Å². The molecule has 2 aromatic carbocycles. The monoisotopic (exact) mass is 518 g/mol. The number of ether oxygens (including phenoxy) is 1. The fraction of sp³-hybridized carbons (Fsp3) is 0.467. The molecule has 0 saturated carbocycles. The van der Waals surface area contributed by atoms with Crippen LogP contribution in [-0.4, -0.2) is 45.7 Å². The predicted molar refractivity (Wildman–Crippen MR) is 150 cm³/mol. The van der Waals surface area contributed by atoms with E-state index in [2.05, 4.69) is 72.6 Å². The molecule has 7 heteroatoms. The molecule has 1 N–H and O–H groups in total. The Morgan fingerprint density at radius 2 is 1.86 bits per heavy atom. The van der Waals surface area contributed by atoms with Gasteiger partial charge in [0.15, 0.2) is 4.90 Å². The van der Waals surface area contributed by atoms with Crippen molar-refractivity contribution < 1.29 is 9.29 Å². The van der Waals surface area contributed by atoms with Gasteiger partial charge in [0.05, 0.1) is 12.3 Å². The number of aromatic nitrogens is 2. The summed E-state index contributed by atoms with van der Waals surface area (Å²) in [4.78, 5) is 12.7. The molecule has 0 radical (unpaired) electrons. The molecule has 1 aromatic heterocycles. The average molecular weight is 519 g/mol. The molecule has 1 saturated heterocycles. The van der Waals surface area contributed by atoms with Crippen LogP contribution in [0.5, 0.6) is 5.88 Å². The zero-order chi connectivity index (χ0) is 25.9. The van der Waals surface area contributed by atoms with Crippen molar-refractivity contribution in [2.24, 2.45) is 17.8 Å². The van der Waals surface area contributed by atoms with Gasteiger partial charge in [-0.3, -0.25) is 0 Å². The van der Waals surface area contributed by atoms with Gasteiger partial charge in [-0.2, -0.15) is 9.71 Å². The van der Waals surface area contributed by atoms with E-state index in [4.69, 9.17) is 9.72 Å². The average Bonchev–Trinajstić information content (AvgIpc) is 2.87. The molecule has 2 aliphatic rings. The van der Waals surface area contributed by atoms with Crippen molar-refractivity contribution in [2.75, 3.05) is 31.0 Å². The van der Waals surface area contributed by atoms with Crippen LogP contribution in [0.4, 0.5) is 5.95 Å². The second-order valence-electron chi connectivity index (χ2n) is 11.0. The number of likely N-dealkylation sites (tertiary alicyclic amines) is 1. The van der Waals surface area contributed by atoms with Crippen molar-refractivity contribution >= 4 is 17.3 Å². The van der Waals surface area contributed by atoms with Crippen molar-refractivity contribution in [1.29, 1.82) is 0 Å². The highest BCUT2D eigenvalue weighted by Crippen LogP contribution is 2.32. The predicted octanol–water partition coefficient (Wildman–Crippen LogP) is 5.81. The molecule has 5 rings (SSSR count). The van der Waals surface area contributed by atoms with Crippen LogP contribution >= 0.6 is 0 Å². The van der Waals surface area contributed by atoms with Crippen molar-refractivity contribution in [3.05, 3.63) is 65.2 Å². The molecule has 2 unspecified atom stereocenters. The minimum atomic E-state index is -1.47. The minimum absolute atomic E-state index is 0.317. The summed E-state index contributed by atoms with van der Waals surface area (Å²) < 4.78 is 22.8. The van der Waals surface area contributed by atoms with Gasteiger partial charge in [-0.05, 0) is 86.9 Å². The second kappa shape index (κ2) is 11.4. The maximum Gasteiger partial charge on any atom is 0.269 e. The molecule has 0 amide bonds. The lowest BCUT2D eigenvalue weighted by molar-refractivity contribution is 0.0763. The fourth-order valence-corrected chi connectivity index (χ4v) is 6.41. The minimum Gasteiger partial charge on any atom is -0.588 e. The highest BCUT2D eigenvalue weighted by Gasteiger charge is 2.31. The third-order valence-electron chi connectivity index (χ3n) is 7.68. The van der Waals surface area contributed by atoms with Crippen LogP contribution < -0.4 is 9.46 Å². The first kappa shape index (κ1) is 26.0. The van der Waals surface area contributed by atoms with E-state index < -0.39 is 11.4 Å². The summed E-state index contributed by atoms with van der Waals surface area (Å²) in [6.07, 6.45) is 3.32. The molecule has 3 aromatic rings. The zero-order valence-electron chi connectivity index (χ0n) is 22.4. The molecule has 2 aliphatic heterocycles. The number of anilines is 1. The van der Waals surface area contributed by atoms with E-state index in [1.54, 1.807) is 0 Å². The molecule has 0 aliphatic carbocycles. The summed E-state index contributed by atoms with van der Waals surface area (Å²) in [5.74, 6) is 2.44. The highest BCUT2D eigenvalue weighted by atomic mass is 32.2. The number of hydrogen-bond donors (Lipinski definition) is 1. The van der Waals surface area contributed by atoms with Gasteiger partial charge in [0.2, 0.25) is 5.88 Å². The van der Waals surface area contributed by atoms with E-state index in [0.717, 1.165) is 59.8 Å². The quantitative estimate of drug-likeness (QED) is 0.439. The molecule has 4 bridgehead atoms. The largest absolute Gasteiger partial charge is 0.588 e. The van der Waals surface area contributed by atoms with Crippen LogP contribution in [-0.2, 0) is 17.8 Å². The number of nitrogens with one attached hydrogen (secondary N) is 1. The topological polar surface area (TPSA) is 73.3 Å². The van der Waals surface area contributed by atoms with E-state index in [-0.39, 0.29) is 0 Å². The Kier molecular flexibility index (Phi) is 8.03. The number of benzene rings is 2. The Morgan fingerprint density at radius 3 is 2.65 bits per heavy atom. The summed E-state index contributed by atoms with van der Waals surface area (Å²) >= 11 is -1.47. The van der Waals surface area contributed by atoms with Gasteiger partial charge in [0.1, 0.15) is 11.4 Å². The summed E-state index contributed by atoms with van der Waals surface area (Å²) in [6, 6.07) is 16.3. The summed E-state index contributed by atoms with van der Waals surface area (Å²) in [5, 5.41) is 0. The molecule has 37 heavy (non-hydrogen) atoms. The Hall–Kier alpha value is -2.61. The van der Waals surface area contributed by atoms with Crippen LogP contribution in [0.3, 0.4) is 0 Å². The van der Waals surface area contributed by atoms with Gasteiger partial charge in [-0.15, -0.1) is 0 Å². The zero-order valence-corrected chi connectivity index (χ0v) is 23.2. The third kappa shape index (κ3) is 6.28. The number of nitrogens with zero attached hydrogens (tertiary/aromatic N) is 3. The molecule has 196 valence electrons. The van der Waals surface area contributed by atoms with E-state index in [1.165, 1.54) is 12.0 Å². The molecular weight excluding hydrogens is 480 g/mol. The Bertz CT molecular complexity index is 1210. The first-order valence-electron chi connectivity index (χ1n) is 13.4. The number of fused-ring (bicyclic) bond motifs is 5. The van der Waals surface area contributed by atoms with Crippen LogP contribution in [0.25, 0.3) is 11.3 Å². The lowest BCUT2D eigenvalue weighted by atomic mass is 9.81. The maximum absolute atomic E-state index is 13.3. The molecule has 0 spiro atoms. The van der Waals surface area contributed by atoms with Crippen molar-refractivity contribution in [2.45, 2.75) is 51.9 Å². The van der Waals surface area contributed by atoms with Crippen molar-refractivity contribution in [1.82, 2.24) is 14.9 Å². The highest BCUT2D eigenvalue weighted by molar-refractivity contribution is 7.92. The smallest absolute Gasteiger partial charge is 0.269 e. The number of rotatable bonds is 4. The lowest BCUT2D eigenvalue weighted by Gasteiger charge is -2.39. The van der Waals surface area contributed by atoms with E-state index in [0.29, 0.717) is 36.2 Å². The standard InChI is InChI=1S/C30H38N4O2S/c1-20(2)11-13-34-14-12-24-15-23-9-6-10-26(16-23)37(35)33-30-31-27(29-21(3)7-5-8-22(29)4)17-28(32-30)36-19-25(24)18-34/h5-10,16-17,20,24-25H,11-15,18-19H2,1-4H3,(H,31,32,33)/t24?,25-,37?/m1/s1.